The average Bonchev–Trinajstić information content (AvgIpc) is 3.49. The van der Waals surface area contributed by atoms with Crippen LogP contribution in [0.15, 0.2) is 55.0 Å². The fourth-order valence-corrected chi connectivity index (χ4v) is 4.90. The van der Waals surface area contributed by atoms with Crippen LogP contribution in [0.3, 0.4) is 0 Å². The van der Waals surface area contributed by atoms with Crippen LogP contribution in [0, 0.1) is 20.8 Å². The minimum absolute atomic E-state index is 0.182. The van der Waals surface area contributed by atoms with Crippen LogP contribution < -0.4 is 10.6 Å². The third kappa shape index (κ3) is 5.93. The summed E-state index contributed by atoms with van der Waals surface area (Å²) in [7, 11) is 0. The molecule has 2 aromatic carbocycles. The molecule has 0 radical (unpaired) electrons. The summed E-state index contributed by atoms with van der Waals surface area (Å²) in [6.07, 6.45) is 5.45. The van der Waals surface area contributed by atoms with Gasteiger partial charge in [-0.3, -0.25) is 4.79 Å². The van der Waals surface area contributed by atoms with Gasteiger partial charge in [0, 0.05) is 41.0 Å². The van der Waals surface area contributed by atoms with Crippen molar-refractivity contribution in [3.63, 3.8) is 0 Å². The SMILES string of the molecule is Cc1cc(C)c(C(=O)NC(Cc2ccc(-c3ncc(CNc4ncc[nH]4)s3)cc2)C(=O)O)c(C)c1. The summed E-state index contributed by atoms with van der Waals surface area (Å²) < 4.78 is 0. The number of imidazole rings is 1. The maximum atomic E-state index is 12.9. The van der Waals surface area contributed by atoms with Crippen molar-refractivity contribution < 1.29 is 14.7 Å². The molecule has 0 fully saturated rings. The van der Waals surface area contributed by atoms with E-state index in [1.807, 2.05) is 63.4 Å². The van der Waals surface area contributed by atoms with Gasteiger partial charge in [-0.25, -0.2) is 14.8 Å². The van der Waals surface area contributed by atoms with Crippen LogP contribution >= 0.6 is 11.3 Å². The Morgan fingerprint density at radius 2 is 1.80 bits per heavy atom. The first kappa shape index (κ1) is 24.2. The van der Waals surface area contributed by atoms with E-state index in [1.165, 1.54) is 0 Å². The lowest BCUT2D eigenvalue weighted by Gasteiger charge is -2.17. The van der Waals surface area contributed by atoms with Crippen molar-refractivity contribution in [1.82, 2.24) is 20.3 Å². The molecule has 4 rings (SSSR count). The minimum Gasteiger partial charge on any atom is -0.480 e. The van der Waals surface area contributed by atoms with Crippen molar-refractivity contribution in [3.8, 4) is 10.6 Å². The largest absolute Gasteiger partial charge is 0.480 e. The number of aryl methyl sites for hydroxylation is 3. The number of hydrogen-bond donors (Lipinski definition) is 4. The summed E-state index contributed by atoms with van der Waals surface area (Å²) in [5, 5.41) is 16.5. The van der Waals surface area contributed by atoms with Crippen LogP contribution in [-0.2, 0) is 17.8 Å². The van der Waals surface area contributed by atoms with E-state index in [9.17, 15) is 14.7 Å². The van der Waals surface area contributed by atoms with Gasteiger partial charge < -0.3 is 20.7 Å². The second-order valence-electron chi connectivity index (χ2n) is 8.46. The molecule has 1 unspecified atom stereocenters. The van der Waals surface area contributed by atoms with Gasteiger partial charge in [0.25, 0.3) is 5.91 Å². The Bertz CT molecular complexity index is 1310. The number of benzene rings is 2. The Morgan fingerprint density at radius 3 is 2.43 bits per heavy atom. The second kappa shape index (κ2) is 10.5. The molecule has 0 spiro atoms. The Labute approximate surface area is 207 Å². The first-order valence-electron chi connectivity index (χ1n) is 11.2. The Hall–Kier alpha value is -3.98. The molecule has 2 aromatic heterocycles. The van der Waals surface area contributed by atoms with Crippen LogP contribution in [0.1, 0.15) is 37.5 Å². The zero-order valence-corrected chi connectivity index (χ0v) is 20.6. The smallest absolute Gasteiger partial charge is 0.326 e. The minimum atomic E-state index is -1.07. The maximum Gasteiger partial charge on any atom is 0.326 e. The van der Waals surface area contributed by atoms with Crippen molar-refractivity contribution in [3.05, 3.63) is 87.7 Å². The summed E-state index contributed by atoms with van der Waals surface area (Å²) in [4.78, 5) is 37.5. The standard InChI is InChI=1S/C26H27N5O3S/c1-15-10-16(2)22(17(3)11-15)23(32)31-21(25(33)34)12-18-4-6-19(7-5-18)24-29-13-20(35-24)14-30-26-27-8-9-28-26/h4-11,13,21H,12,14H2,1-3H3,(H,31,32)(H,33,34)(H2,27,28,30). The van der Waals surface area contributed by atoms with E-state index in [-0.39, 0.29) is 12.3 Å². The van der Waals surface area contributed by atoms with Gasteiger partial charge >= 0.3 is 5.97 Å². The number of amides is 1. The van der Waals surface area contributed by atoms with Gasteiger partial charge in [-0.2, -0.15) is 0 Å². The Morgan fingerprint density at radius 1 is 1.09 bits per heavy atom. The predicted octanol–water partition coefficient (Wildman–Crippen LogP) is 4.50. The molecule has 0 aliphatic rings. The zero-order chi connectivity index (χ0) is 24.9. The molecule has 1 atom stereocenters. The number of rotatable bonds is 9. The number of hydrogen-bond acceptors (Lipinski definition) is 6. The number of carboxylic acids is 1. The summed E-state index contributed by atoms with van der Waals surface area (Å²) >= 11 is 1.58. The van der Waals surface area contributed by atoms with E-state index in [2.05, 4.69) is 25.6 Å². The van der Waals surface area contributed by atoms with E-state index in [4.69, 9.17) is 0 Å². The van der Waals surface area contributed by atoms with Crippen molar-refractivity contribution >= 4 is 29.2 Å². The number of anilines is 1. The molecule has 0 saturated heterocycles. The van der Waals surface area contributed by atoms with Gasteiger partial charge in [0.2, 0.25) is 0 Å². The molecule has 8 nitrogen and oxygen atoms in total. The monoisotopic (exact) mass is 489 g/mol. The van der Waals surface area contributed by atoms with Crippen LogP contribution in [0.4, 0.5) is 5.95 Å². The highest BCUT2D eigenvalue weighted by atomic mass is 32.1. The van der Waals surface area contributed by atoms with Crippen LogP contribution in [0.2, 0.25) is 0 Å². The summed E-state index contributed by atoms with van der Waals surface area (Å²) in [5.74, 6) is -0.738. The van der Waals surface area contributed by atoms with E-state index in [0.717, 1.165) is 37.7 Å². The summed E-state index contributed by atoms with van der Waals surface area (Å²) in [6, 6.07) is 10.4. The van der Waals surface area contributed by atoms with Crippen molar-refractivity contribution in [2.45, 2.75) is 39.8 Å². The number of aliphatic carboxylic acids is 1. The molecule has 4 aromatic rings. The average molecular weight is 490 g/mol. The number of carboxylic acid groups (broad SMARTS) is 1. The number of aromatic amines is 1. The highest BCUT2D eigenvalue weighted by Crippen LogP contribution is 2.26. The van der Waals surface area contributed by atoms with Crippen molar-refractivity contribution in [1.29, 1.82) is 0 Å². The number of carbonyl (C=O) groups is 2. The number of thiazole rings is 1. The van der Waals surface area contributed by atoms with Crippen molar-refractivity contribution in [2.75, 3.05) is 5.32 Å². The fourth-order valence-electron chi connectivity index (χ4n) is 4.04. The normalized spacial score (nSPS) is 11.7. The van der Waals surface area contributed by atoms with E-state index in [0.29, 0.717) is 18.1 Å². The molecule has 0 bridgehead atoms. The number of aromatic nitrogens is 3. The molecule has 9 heteroatoms. The van der Waals surface area contributed by atoms with Gasteiger partial charge in [0.15, 0.2) is 5.95 Å². The molecule has 0 aliphatic carbocycles. The van der Waals surface area contributed by atoms with Gasteiger partial charge in [-0.05, 0) is 37.5 Å². The zero-order valence-electron chi connectivity index (χ0n) is 19.8. The highest BCUT2D eigenvalue weighted by Gasteiger charge is 2.23. The molecule has 1 amide bonds. The molecular weight excluding hydrogens is 462 g/mol. The van der Waals surface area contributed by atoms with Crippen molar-refractivity contribution in [2.24, 2.45) is 0 Å². The summed E-state index contributed by atoms with van der Waals surface area (Å²) in [5.41, 5.74) is 5.01. The molecule has 4 N–H and O–H groups in total. The van der Waals surface area contributed by atoms with Gasteiger partial charge in [-0.15, -0.1) is 11.3 Å². The lowest BCUT2D eigenvalue weighted by molar-refractivity contribution is -0.139. The first-order valence-corrected chi connectivity index (χ1v) is 12.0. The predicted molar refractivity (Wildman–Crippen MR) is 137 cm³/mol. The summed E-state index contributed by atoms with van der Waals surface area (Å²) in [6.45, 7) is 6.31. The number of H-pyrrole nitrogens is 1. The second-order valence-corrected chi connectivity index (χ2v) is 9.58. The fraction of sp³-hybridized carbons (Fsp3) is 0.231. The third-order valence-corrected chi connectivity index (χ3v) is 6.68. The number of nitrogens with zero attached hydrogens (tertiary/aromatic N) is 2. The molecule has 0 saturated carbocycles. The first-order chi connectivity index (χ1) is 16.8. The molecule has 2 heterocycles. The van der Waals surface area contributed by atoms with E-state index in [1.54, 1.807) is 23.7 Å². The lowest BCUT2D eigenvalue weighted by atomic mass is 9.98. The Kier molecular flexibility index (Phi) is 7.26. The lowest BCUT2D eigenvalue weighted by Crippen LogP contribution is -2.42. The molecule has 0 aliphatic heterocycles. The molecule has 35 heavy (non-hydrogen) atoms. The quantitative estimate of drug-likeness (QED) is 0.275. The van der Waals surface area contributed by atoms with E-state index >= 15 is 0 Å². The van der Waals surface area contributed by atoms with Crippen LogP contribution in [-0.4, -0.2) is 38.0 Å². The topological polar surface area (TPSA) is 120 Å². The highest BCUT2D eigenvalue weighted by molar-refractivity contribution is 7.15. The third-order valence-electron chi connectivity index (χ3n) is 5.63. The number of carbonyl (C=O) groups excluding carboxylic acids is 1. The van der Waals surface area contributed by atoms with Gasteiger partial charge in [0.05, 0.1) is 6.54 Å². The van der Waals surface area contributed by atoms with E-state index < -0.39 is 12.0 Å². The van der Waals surface area contributed by atoms with Crippen LogP contribution in [0.25, 0.3) is 10.6 Å². The molecule has 180 valence electrons. The molecular formula is C26H27N5O3S. The van der Waals surface area contributed by atoms with Gasteiger partial charge in [0.1, 0.15) is 11.0 Å². The maximum absolute atomic E-state index is 12.9. The van der Waals surface area contributed by atoms with Gasteiger partial charge in [-0.1, -0.05) is 42.0 Å². The van der Waals surface area contributed by atoms with Crippen LogP contribution in [0.5, 0.6) is 0 Å². The number of nitrogens with one attached hydrogen (secondary N) is 3. The Balaban J connectivity index is 1.41.